The Bertz CT molecular complexity index is 899. The molecule has 120 valence electrons. The average Bonchev–Trinajstić information content (AvgIpc) is 3.12. The van der Waals surface area contributed by atoms with Crippen LogP contribution < -0.4 is 4.80 Å². The number of H-pyrrole nitrogens is 1. The summed E-state index contributed by atoms with van der Waals surface area (Å²) >= 11 is 7.71. The smallest absolute Gasteiger partial charge is 0.203 e. The van der Waals surface area contributed by atoms with Gasteiger partial charge < -0.3 is 4.98 Å². The first kappa shape index (κ1) is 15.0. The summed E-state index contributed by atoms with van der Waals surface area (Å²) in [5.41, 5.74) is 2.10. The van der Waals surface area contributed by atoms with Crippen LogP contribution in [-0.2, 0) is 7.05 Å². The lowest BCUT2D eigenvalue weighted by Crippen LogP contribution is -2.18. The van der Waals surface area contributed by atoms with E-state index in [1.165, 1.54) is 32.1 Å². The zero-order chi connectivity index (χ0) is 15.8. The minimum Gasteiger partial charge on any atom is -0.353 e. The fourth-order valence-corrected chi connectivity index (χ4v) is 4.27. The molecule has 1 saturated carbocycles. The van der Waals surface area contributed by atoms with Gasteiger partial charge in [0.05, 0.1) is 11.7 Å². The Morgan fingerprint density at radius 1 is 1.26 bits per heavy atom. The van der Waals surface area contributed by atoms with Gasteiger partial charge in [-0.1, -0.05) is 42.2 Å². The van der Waals surface area contributed by atoms with Crippen LogP contribution in [0, 0.1) is 0 Å². The van der Waals surface area contributed by atoms with E-state index < -0.39 is 0 Å². The Balaban J connectivity index is 1.71. The molecule has 0 unspecified atom stereocenters. The van der Waals surface area contributed by atoms with Gasteiger partial charge in [0.2, 0.25) is 4.80 Å². The van der Waals surface area contributed by atoms with Crippen LogP contribution in [0.3, 0.4) is 0 Å². The highest BCUT2D eigenvalue weighted by Crippen LogP contribution is 2.26. The monoisotopic (exact) mass is 346 g/mol. The first-order valence-electron chi connectivity index (χ1n) is 8.06. The molecule has 0 spiro atoms. The van der Waals surface area contributed by atoms with E-state index >= 15 is 0 Å². The van der Waals surface area contributed by atoms with E-state index in [-0.39, 0.29) is 0 Å². The number of hydrogen-bond donors (Lipinski definition) is 1. The fourth-order valence-electron chi connectivity index (χ4n) is 3.16. The van der Waals surface area contributed by atoms with E-state index in [1.807, 2.05) is 29.9 Å². The predicted molar refractivity (Wildman–Crippen MR) is 95.8 cm³/mol. The molecule has 0 atom stereocenters. The fraction of sp³-hybridized carbons (Fsp3) is 0.412. The standard InChI is InChI=1S/C17H19ClN4S/c1-22-17(19-13-5-3-2-4-6-13)23-16(21-22)15-10-11-9-12(18)7-8-14(11)20-15/h7-10,13,20H,2-6H2,1H3. The Labute approximate surface area is 143 Å². The number of aryl methyl sites for hydroxylation is 1. The van der Waals surface area contributed by atoms with Gasteiger partial charge >= 0.3 is 0 Å². The predicted octanol–water partition coefficient (Wildman–Crippen LogP) is 4.52. The quantitative estimate of drug-likeness (QED) is 0.728. The molecule has 1 fully saturated rings. The number of aromatic nitrogens is 3. The molecule has 3 aromatic rings. The molecule has 1 aromatic carbocycles. The highest BCUT2D eigenvalue weighted by Gasteiger charge is 2.14. The molecular formula is C17H19ClN4S. The van der Waals surface area contributed by atoms with Crippen molar-refractivity contribution in [2.75, 3.05) is 0 Å². The third kappa shape index (κ3) is 3.08. The number of hydrogen-bond acceptors (Lipinski definition) is 3. The lowest BCUT2D eigenvalue weighted by molar-refractivity contribution is 0.434. The van der Waals surface area contributed by atoms with Crippen LogP contribution in [0.15, 0.2) is 29.3 Å². The Morgan fingerprint density at radius 2 is 2.09 bits per heavy atom. The summed E-state index contributed by atoms with van der Waals surface area (Å²) < 4.78 is 1.90. The first-order valence-corrected chi connectivity index (χ1v) is 9.25. The van der Waals surface area contributed by atoms with Crippen LogP contribution in [0.25, 0.3) is 21.6 Å². The summed E-state index contributed by atoms with van der Waals surface area (Å²) in [5, 5.41) is 7.47. The van der Waals surface area contributed by atoms with E-state index in [0.29, 0.717) is 6.04 Å². The summed E-state index contributed by atoms with van der Waals surface area (Å²) in [6.07, 6.45) is 6.36. The minimum absolute atomic E-state index is 0.463. The van der Waals surface area contributed by atoms with Gasteiger partial charge in [-0.25, -0.2) is 4.68 Å². The number of halogens is 1. The summed E-state index contributed by atoms with van der Waals surface area (Å²) in [6.45, 7) is 0. The molecule has 23 heavy (non-hydrogen) atoms. The van der Waals surface area contributed by atoms with Crippen molar-refractivity contribution in [1.82, 2.24) is 14.8 Å². The third-order valence-corrected chi connectivity index (χ3v) is 5.67. The van der Waals surface area contributed by atoms with E-state index in [0.717, 1.165) is 31.4 Å². The Hall–Kier alpha value is -1.59. The van der Waals surface area contributed by atoms with Gasteiger partial charge in [0, 0.05) is 23.0 Å². The molecule has 4 rings (SSSR count). The van der Waals surface area contributed by atoms with E-state index in [1.54, 1.807) is 11.3 Å². The highest BCUT2D eigenvalue weighted by atomic mass is 35.5. The van der Waals surface area contributed by atoms with Crippen LogP contribution in [0.4, 0.5) is 0 Å². The molecule has 0 amide bonds. The molecule has 0 aliphatic heterocycles. The van der Waals surface area contributed by atoms with Gasteiger partial charge in [0.15, 0.2) is 5.01 Å². The number of aromatic amines is 1. The summed E-state index contributed by atoms with van der Waals surface area (Å²) in [5.74, 6) is 0. The summed E-state index contributed by atoms with van der Waals surface area (Å²) in [7, 11) is 1.97. The molecule has 1 aliphatic rings. The largest absolute Gasteiger partial charge is 0.353 e. The van der Waals surface area contributed by atoms with Crippen molar-refractivity contribution in [3.63, 3.8) is 0 Å². The molecule has 0 bridgehead atoms. The normalized spacial score (nSPS) is 17.2. The van der Waals surface area contributed by atoms with Crippen molar-refractivity contribution in [3.05, 3.63) is 34.1 Å². The van der Waals surface area contributed by atoms with Gasteiger partial charge in [-0.05, 0) is 37.1 Å². The number of rotatable bonds is 2. The van der Waals surface area contributed by atoms with Crippen molar-refractivity contribution in [3.8, 4) is 10.7 Å². The third-order valence-electron chi connectivity index (χ3n) is 4.39. The lowest BCUT2D eigenvalue weighted by Gasteiger charge is -2.16. The van der Waals surface area contributed by atoms with Crippen LogP contribution in [-0.4, -0.2) is 20.8 Å². The second kappa shape index (κ2) is 6.13. The molecule has 6 heteroatoms. The SMILES string of the molecule is Cn1nc(-c2cc3cc(Cl)ccc3[nH]2)sc1=NC1CCCCC1. The zero-order valence-electron chi connectivity index (χ0n) is 13.1. The number of fused-ring (bicyclic) bond motifs is 1. The molecule has 2 aromatic heterocycles. The molecule has 0 saturated heterocycles. The van der Waals surface area contributed by atoms with Crippen molar-refractivity contribution in [2.45, 2.75) is 38.1 Å². The molecular weight excluding hydrogens is 328 g/mol. The van der Waals surface area contributed by atoms with E-state index in [4.69, 9.17) is 16.6 Å². The van der Waals surface area contributed by atoms with E-state index in [2.05, 4.69) is 16.1 Å². The van der Waals surface area contributed by atoms with Crippen molar-refractivity contribution < 1.29 is 0 Å². The lowest BCUT2D eigenvalue weighted by atomic mass is 9.96. The minimum atomic E-state index is 0.463. The second-order valence-electron chi connectivity index (χ2n) is 6.15. The van der Waals surface area contributed by atoms with Gasteiger partial charge in [-0.15, -0.1) is 0 Å². The average molecular weight is 347 g/mol. The summed E-state index contributed by atoms with van der Waals surface area (Å²) in [6, 6.07) is 8.44. The van der Waals surface area contributed by atoms with Crippen molar-refractivity contribution >= 4 is 33.8 Å². The first-order chi connectivity index (χ1) is 11.2. The maximum Gasteiger partial charge on any atom is 0.203 e. The molecule has 1 N–H and O–H groups in total. The number of nitrogens with one attached hydrogen (secondary N) is 1. The van der Waals surface area contributed by atoms with Crippen LogP contribution >= 0.6 is 22.9 Å². The van der Waals surface area contributed by atoms with Gasteiger partial charge in [-0.2, -0.15) is 5.10 Å². The zero-order valence-corrected chi connectivity index (χ0v) is 14.6. The number of benzene rings is 1. The molecule has 4 nitrogen and oxygen atoms in total. The molecule has 2 heterocycles. The summed E-state index contributed by atoms with van der Waals surface area (Å²) in [4.78, 5) is 9.34. The number of nitrogens with zero attached hydrogens (tertiary/aromatic N) is 3. The van der Waals surface area contributed by atoms with Crippen LogP contribution in [0.2, 0.25) is 5.02 Å². The van der Waals surface area contributed by atoms with Crippen molar-refractivity contribution in [1.29, 1.82) is 0 Å². The highest BCUT2D eigenvalue weighted by molar-refractivity contribution is 7.12. The van der Waals surface area contributed by atoms with Gasteiger partial charge in [0.25, 0.3) is 0 Å². The van der Waals surface area contributed by atoms with Gasteiger partial charge in [0.1, 0.15) is 0 Å². The van der Waals surface area contributed by atoms with Crippen molar-refractivity contribution in [2.24, 2.45) is 12.0 Å². The molecule has 1 aliphatic carbocycles. The Kier molecular flexibility index (Phi) is 3.99. The topological polar surface area (TPSA) is 46.0 Å². The maximum absolute atomic E-state index is 6.07. The van der Waals surface area contributed by atoms with Crippen LogP contribution in [0.5, 0.6) is 0 Å². The van der Waals surface area contributed by atoms with Crippen LogP contribution in [0.1, 0.15) is 32.1 Å². The maximum atomic E-state index is 6.07. The Morgan fingerprint density at radius 3 is 2.91 bits per heavy atom. The van der Waals surface area contributed by atoms with E-state index in [9.17, 15) is 0 Å². The molecule has 0 radical (unpaired) electrons. The van der Waals surface area contributed by atoms with Gasteiger partial charge in [-0.3, -0.25) is 4.99 Å². The second-order valence-corrected chi connectivity index (χ2v) is 7.54.